The molecule has 1 saturated carbocycles. The highest BCUT2D eigenvalue weighted by Gasteiger charge is 2.46. The molecule has 0 radical (unpaired) electrons. The van der Waals surface area contributed by atoms with Crippen molar-refractivity contribution in [3.8, 4) is 11.3 Å². The maximum absolute atomic E-state index is 13.2. The lowest BCUT2D eigenvalue weighted by Crippen LogP contribution is -2.36. The number of carbonyl (C=O) groups excluding carboxylic acids is 1. The molecule has 0 spiro atoms. The molecule has 1 aromatic carbocycles. The number of nitrogens with zero attached hydrogens (tertiary/aromatic N) is 4. The van der Waals surface area contributed by atoms with E-state index in [-0.39, 0.29) is 24.2 Å². The maximum Gasteiger partial charge on any atom is 0.340 e. The summed E-state index contributed by atoms with van der Waals surface area (Å²) in [5.74, 6) is 1.54. The van der Waals surface area contributed by atoms with Crippen molar-refractivity contribution >= 4 is 5.91 Å². The average molecular weight is 378 g/mol. The van der Waals surface area contributed by atoms with Crippen LogP contribution in [-0.2, 0) is 11.3 Å². The number of benzene rings is 1. The number of amides is 1. The van der Waals surface area contributed by atoms with Crippen LogP contribution in [0, 0.1) is 11.8 Å². The summed E-state index contributed by atoms with van der Waals surface area (Å²) in [6, 6.07) is 11.7. The van der Waals surface area contributed by atoms with Crippen molar-refractivity contribution in [1.29, 1.82) is 0 Å². The highest BCUT2D eigenvalue weighted by Crippen LogP contribution is 2.49. The predicted octanol–water partition coefficient (Wildman–Crippen LogP) is 1.96. The number of rotatable bonds is 5. The molecule has 2 unspecified atom stereocenters. The van der Waals surface area contributed by atoms with Gasteiger partial charge in [-0.05, 0) is 42.7 Å². The van der Waals surface area contributed by atoms with Crippen molar-refractivity contribution in [3.05, 3.63) is 58.9 Å². The molecule has 5 rings (SSSR count). The minimum absolute atomic E-state index is 0.00196. The fraction of sp³-hybridized carbons (Fsp3) is 0.400. The summed E-state index contributed by atoms with van der Waals surface area (Å²) in [4.78, 5) is 29.4. The third kappa shape index (κ3) is 3.04. The molecule has 8 heteroatoms. The van der Waals surface area contributed by atoms with Crippen LogP contribution >= 0.6 is 0 Å². The standard InChI is InChI=1S/C20H22N6O2/c27-17(12-26-16(8-10-21-26)14-4-2-1-3-5-14)25-11-9-15(13-6-7-13)18(25)19-22-20(28)24-23-19/h1-5,8,10,13,15,18H,6-7,9,11-12H2,(H2,22,23,24,28). The van der Waals surface area contributed by atoms with Crippen molar-refractivity contribution < 1.29 is 4.79 Å². The molecule has 3 aromatic rings. The van der Waals surface area contributed by atoms with Crippen LogP contribution in [0.4, 0.5) is 0 Å². The Bertz CT molecular complexity index is 1030. The molecule has 1 amide bonds. The smallest absolute Gasteiger partial charge is 0.331 e. The Morgan fingerprint density at radius 2 is 1.96 bits per heavy atom. The van der Waals surface area contributed by atoms with Crippen molar-refractivity contribution in [2.24, 2.45) is 11.8 Å². The van der Waals surface area contributed by atoms with Crippen LogP contribution in [0.1, 0.15) is 31.1 Å². The van der Waals surface area contributed by atoms with E-state index in [0.717, 1.165) is 17.7 Å². The molecule has 2 atom stereocenters. The Morgan fingerprint density at radius 3 is 2.68 bits per heavy atom. The van der Waals surface area contributed by atoms with Gasteiger partial charge in [0.15, 0.2) is 5.82 Å². The van der Waals surface area contributed by atoms with Crippen molar-refractivity contribution in [2.45, 2.75) is 31.8 Å². The molecular formula is C20H22N6O2. The molecule has 28 heavy (non-hydrogen) atoms. The largest absolute Gasteiger partial charge is 0.340 e. The van der Waals surface area contributed by atoms with Gasteiger partial charge in [0.2, 0.25) is 5.91 Å². The third-order valence-electron chi connectivity index (χ3n) is 5.86. The number of likely N-dealkylation sites (tertiary alicyclic amines) is 1. The van der Waals surface area contributed by atoms with Gasteiger partial charge in [-0.15, -0.1) is 0 Å². The fourth-order valence-corrected chi connectivity index (χ4v) is 4.42. The van der Waals surface area contributed by atoms with Gasteiger partial charge in [0.25, 0.3) is 0 Å². The van der Waals surface area contributed by atoms with Crippen molar-refractivity contribution in [1.82, 2.24) is 29.9 Å². The normalized spacial score (nSPS) is 21.9. The van der Waals surface area contributed by atoms with Crippen LogP contribution in [0.2, 0.25) is 0 Å². The minimum Gasteiger partial charge on any atom is -0.331 e. The van der Waals surface area contributed by atoms with E-state index in [1.165, 1.54) is 12.8 Å². The number of aromatic nitrogens is 5. The third-order valence-corrected chi connectivity index (χ3v) is 5.86. The highest BCUT2D eigenvalue weighted by atomic mass is 16.2. The van der Waals surface area contributed by atoms with E-state index >= 15 is 0 Å². The number of carbonyl (C=O) groups is 1. The number of nitrogens with one attached hydrogen (secondary N) is 2. The number of H-pyrrole nitrogens is 2. The second-order valence-electron chi connectivity index (χ2n) is 7.63. The lowest BCUT2D eigenvalue weighted by atomic mass is 9.94. The van der Waals surface area contributed by atoms with Crippen molar-refractivity contribution in [3.63, 3.8) is 0 Å². The molecule has 0 bridgehead atoms. The van der Waals surface area contributed by atoms with E-state index in [1.54, 1.807) is 10.9 Å². The van der Waals surface area contributed by atoms with Crippen LogP contribution in [-0.4, -0.2) is 42.3 Å². The van der Waals surface area contributed by atoms with Crippen LogP contribution in [0.25, 0.3) is 11.3 Å². The summed E-state index contributed by atoms with van der Waals surface area (Å²) < 4.78 is 1.74. The number of hydrogen-bond acceptors (Lipinski definition) is 4. The second-order valence-corrected chi connectivity index (χ2v) is 7.63. The predicted molar refractivity (Wildman–Crippen MR) is 102 cm³/mol. The van der Waals surface area contributed by atoms with Gasteiger partial charge in [-0.25, -0.2) is 9.89 Å². The molecule has 2 N–H and O–H groups in total. The molecule has 1 saturated heterocycles. The summed E-state index contributed by atoms with van der Waals surface area (Å²) in [5, 5.41) is 10.9. The molecule has 2 fully saturated rings. The number of hydrogen-bond donors (Lipinski definition) is 2. The maximum atomic E-state index is 13.2. The molecule has 144 valence electrons. The summed E-state index contributed by atoms with van der Waals surface area (Å²) in [6.07, 6.45) is 5.04. The first-order valence-electron chi connectivity index (χ1n) is 9.72. The van der Waals surface area contributed by atoms with Gasteiger partial charge >= 0.3 is 5.69 Å². The Morgan fingerprint density at radius 1 is 1.14 bits per heavy atom. The number of aromatic amines is 2. The van der Waals surface area contributed by atoms with Gasteiger partial charge < -0.3 is 4.90 Å². The quantitative estimate of drug-likeness (QED) is 0.709. The molecular weight excluding hydrogens is 356 g/mol. The first-order chi connectivity index (χ1) is 13.7. The van der Waals surface area contributed by atoms with Gasteiger partial charge in [-0.3, -0.25) is 14.5 Å². The van der Waals surface area contributed by atoms with Crippen LogP contribution < -0.4 is 5.69 Å². The average Bonchev–Trinajstić information content (AvgIpc) is 3.10. The zero-order valence-electron chi connectivity index (χ0n) is 15.4. The summed E-state index contributed by atoms with van der Waals surface area (Å²) in [6.45, 7) is 0.848. The Labute approximate surface area is 161 Å². The lowest BCUT2D eigenvalue weighted by molar-refractivity contribution is -0.133. The van der Waals surface area contributed by atoms with Crippen LogP contribution in [0.3, 0.4) is 0 Å². The molecule has 2 aromatic heterocycles. The lowest BCUT2D eigenvalue weighted by Gasteiger charge is -2.26. The molecule has 3 heterocycles. The Hall–Kier alpha value is -3.16. The minimum atomic E-state index is -0.331. The van der Waals surface area contributed by atoms with Crippen LogP contribution in [0.5, 0.6) is 0 Å². The summed E-state index contributed by atoms with van der Waals surface area (Å²) in [5.41, 5.74) is 1.61. The van der Waals surface area contributed by atoms with E-state index in [2.05, 4.69) is 20.3 Å². The van der Waals surface area contributed by atoms with E-state index in [9.17, 15) is 9.59 Å². The second kappa shape index (κ2) is 6.78. The Balaban J connectivity index is 1.41. The summed E-state index contributed by atoms with van der Waals surface area (Å²) in [7, 11) is 0. The van der Waals surface area contributed by atoms with E-state index in [1.807, 2.05) is 41.3 Å². The zero-order chi connectivity index (χ0) is 19.1. The molecule has 1 aliphatic carbocycles. The van der Waals surface area contributed by atoms with Crippen LogP contribution in [0.15, 0.2) is 47.4 Å². The molecule has 8 nitrogen and oxygen atoms in total. The van der Waals surface area contributed by atoms with Gasteiger partial charge in [0, 0.05) is 12.7 Å². The van der Waals surface area contributed by atoms with Gasteiger partial charge in [0.05, 0.1) is 11.7 Å². The summed E-state index contributed by atoms with van der Waals surface area (Å²) >= 11 is 0. The SMILES string of the molecule is O=C(Cn1nccc1-c1ccccc1)N1CCC(C2CC2)C1c1n[nH]c(=O)[nH]1. The van der Waals surface area contributed by atoms with Gasteiger partial charge in [-0.2, -0.15) is 10.2 Å². The van der Waals surface area contributed by atoms with Gasteiger partial charge in [-0.1, -0.05) is 30.3 Å². The van der Waals surface area contributed by atoms with Gasteiger partial charge in [0.1, 0.15) is 6.54 Å². The molecule has 2 aliphatic rings. The van der Waals surface area contributed by atoms with E-state index < -0.39 is 0 Å². The van der Waals surface area contributed by atoms with E-state index in [4.69, 9.17) is 0 Å². The zero-order valence-corrected chi connectivity index (χ0v) is 15.4. The highest BCUT2D eigenvalue weighted by molar-refractivity contribution is 5.77. The fourth-order valence-electron chi connectivity index (χ4n) is 4.42. The Kier molecular flexibility index (Phi) is 4.11. The first-order valence-corrected chi connectivity index (χ1v) is 9.72. The monoisotopic (exact) mass is 378 g/mol. The van der Waals surface area contributed by atoms with E-state index in [0.29, 0.717) is 24.2 Å². The topological polar surface area (TPSA) is 99.7 Å². The van der Waals surface area contributed by atoms with Crippen molar-refractivity contribution in [2.75, 3.05) is 6.54 Å². The molecule has 1 aliphatic heterocycles. The first kappa shape index (κ1) is 17.0.